The Bertz CT molecular complexity index is 933. The van der Waals surface area contributed by atoms with E-state index in [1.165, 1.54) is 23.4 Å². The van der Waals surface area contributed by atoms with Crippen LogP contribution in [0.2, 0.25) is 0 Å². The molecule has 8 nitrogen and oxygen atoms in total. The average Bonchev–Trinajstić information content (AvgIpc) is 3.07. The SMILES string of the molecule is Cc1oncc1CSc1nc2c([nH]1)c(=O)n(C)c(=O)n2C. The van der Waals surface area contributed by atoms with Gasteiger partial charge in [-0.1, -0.05) is 16.9 Å². The molecule has 0 radical (unpaired) electrons. The van der Waals surface area contributed by atoms with Crippen LogP contribution in [0.25, 0.3) is 11.2 Å². The van der Waals surface area contributed by atoms with Crippen LogP contribution in [0.1, 0.15) is 11.3 Å². The minimum atomic E-state index is -0.398. The van der Waals surface area contributed by atoms with E-state index in [1.807, 2.05) is 6.92 Å². The molecule has 0 bridgehead atoms. The van der Waals surface area contributed by atoms with Crippen molar-refractivity contribution in [3.8, 4) is 0 Å². The Labute approximate surface area is 122 Å². The Morgan fingerprint density at radius 3 is 2.76 bits per heavy atom. The minimum absolute atomic E-state index is 0.323. The van der Waals surface area contributed by atoms with E-state index in [2.05, 4.69) is 15.1 Å². The monoisotopic (exact) mass is 307 g/mol. The molecular formula is C12H13N5O3S. The summed E-state index contributed by atoms with van der Waals surface area (Å²) in [5.74, 6) is 1.37. The van der Waals surface area contributed by atoms with Crippen LogP contribution in [0.15, 0.2) is 25.5 Å². The molecule has 21 heavy (non-hydrogen) atoms. The van der Waals surface area contributed by atoms with Crippen LogP contribution in [0.4, 0.5) is 0 Å². The zero-order valence-electron chi connectivity index (χ0n) is 11.7. The van der Waals surface area contributed by atoms with E-state index in [4.69, 9.17) is 4.52 Å². The van der Waals surface area contributed by atoms with Crippen molar-refractivity contribution in [2.75, 3.05) is 0 Å². The van der Waals surface area contributed by atoms with Gasteiger partial charge in [-0.25, -0.2) is 9.78 Å². The zero-order chi connectivity index (χ0) is 15.1. The molecular weight excluding hydrogens is 294 g/mol. The lowest BCUT2D eigenvalue weighted by molar-refractivity contribution is 0.396. The number of nitrogens with one attached hydrogen (secondary N) is 1. The number of rotatable bonds is 3. The second-order valence-electron chi connectivity index (χ2n) is 4.64. The zero-order valence-corrected chi connectivity index (χ0v) is 12.5. The van der Waals surface area contributed by atoms with Gasteiger partial charge in [0.25, 0.3) is 5.56 Å². The van der Waals surface area contributed by atoms with Gasteiger partial charge >= 0.3 is 5.69 Å². The molecule has 1 N–H and O–H groups in total. The first kappa shape index (κ1) is 13.7. The molecule has 0 aliphatic heterocycles. The molecule has 0 saturated heterocycles. The van der Waals surface area contributed by atoms with Crippen molar-refractivity contribution >= 4 is 22.9 Å². The minimum Gasteiger partial charge on any atom is -0.361 e. The Kier molecular flexibility index (Phi) is 3.20. The molecule has 0 amide bonds. The number of imidazole rings is 1. The first-order valence-corrected chi connectivity index (χ1v) is 7.16. The third kappa shape index (κ3) is 2.19. The van der Waals surface area contributed by atoms with E-state index in [-0.39, 0.29) is 5.56 Å². The van der Waals surface area contributed by atoms with Crippen LogP contribution in [0.3, 0.4) is 0 Å². The number of hydrogen-bond donors (Lipinski definition) is 1. The van der Waals surface area contributed by atoms with E-state index >= 15 is 0 Å². The predicted octanol–water partition coefficient (Wildman–Crippen LogP) is 0.549. The molecule has 0 atom stereocenters. The second-order valence-corrected chi connectivity index (χ2v) is 5.61. The number of thioether (sulfide) groups is 1. The van der Waals surface area contributed by atoms with E-state index in [0.29, 0.717) is 22.1 Å². The van der Waals surface area contributed by atoms with Crippen LogP contribution < -0.4 is 11.2 Å². The third-order valence-corrected chi connectivity index (χ3v) is 4.21. The highest BCUT2D eigenvalue weighted by molar-refractivity contribution is 7.98. The Hall–Kier alpha value is -2.29. The van der Waals surface area contributed by atoms with E-state index in [0.717, 1.165) is 15.9 Å². The Balaban J connectivity index is 2.00. The lowest BCUT2D eigenvalue weighted by atomic mass is 10.3. The number of H-pyrrole nitrogens is 1. The van der Waals surface area contributed by atoms with Crippen LogP contribution in [-0.2, 0) is 19.8 Å². The lowest BCUT2D eigenvalue weighted by Gasteiger charge is -2.00. The van der Waals surface area contributed by atoms with Gasteiger partial charge < -0.3 is 9.51 Å². The summed E-state index contributed by atoms with van der Waals surface area (Å²) in [5, 5.41) is 4.28. The highest BCUT2D eigenvalue weighted by atomic mass is 32.2. The number of aromatic nitrogens is 5. The van der Waals surface area contributed by atoms with Gasteiger partial charge in [-0.2, -0.15) is 0 Å². The molecule has 3 aromatic rings. The number of hydrogen-bond acceptors (Lipinski definition) is 6. The Morgan fingerprint density at radius 1 is 1.33 bits per heavy atom. The highest BCUT2D eigenvalue weighted by Crippen LogP contribution is 2.22. The molecule has 0 fully saturated rings. The molecule has 0 aliphatic carbocycles. The molecule has 0 spiro atoms. The number of fused-ring (bicyclic) bond motifs is 1. The normalized spacial score (nSPS) is 11.4. The quantitative estimate of drug-likeness (QED) is 0.709. The standard InChI is InChI=1S/C12H13N5O3S/c1-6-7(4-13-20-6)5-21-11-14-8-9(15-11)16(2)12(19)17(3)10(8)18/h4H,5H2,1-3H3,(H,14,15). The Morgan fingerprint density at radius 2 is 2.10 bits per heavy atom. The van der Waals surface area contributed by atoms with Crippen LogP contribution >= 0.6 is 11.8 Å². The molecule has 3 heterocycles. The summed E-state index contributed by atoms with van der Waals surface area (Å²) < 4.78 is 7.39. The highest BCUT2D eigenvalue weighted by Gasteiger charge is 2.14. The van der Waals surface area contributed by atoms with E-state index in [1.54, 1.807) is 13.2 Å². The molecule has 110 valence electrons. The molecule has 0 aliphatic rings. The van der Waals surface area contributed by atoms with Gasteiger partial charge in [-0.3, -0.25) is 13.9 Å². The first-order chi connectivity index (χ1) is 9.99. The van der Waals surface area contributed by atoms with Gasteiger partial charge in [-0.05, 0) is 6.92 Å². The topological polar surface area (TPSA) is 98.7 Å². The largest absolute Gasteiger partial charge is 0.361 e. The smallest absolute Gasteiger partial charge is 0.332 e. The van der Waals surface area contributed by atoms with Gasteiger partial charge in [0.2, 0.25) is 0 Å². The number of nitrogens with zero attached hydrogens (tertiary/aromatic N) is 4. The van der Waals surface area contributed by atoms with Crippen LogP contribution in [0, 0.1) is 6.92 Å². The first-order valence-electron chi connectivity index (χ1n) is 6.17. The van der Waals surface area contributed by atoms with Gasteiger partial charge in [0, 0.05) is 25.4 Å². The molecule has 9 heteroatoms. The van der Waals surface area contributed by atoms with Gasteiger partial charge in [0.1, 0.15) is 5.76 Å². The summed E-state index contributed by atoms with van der Waals surface area (Å²) in [4.78, 5) is 31.2. The number of aromatic amines is 1. The van der Waals surface area contributed by atoms with Crippen molar-refractivity contribution in [3.05, 3.63) is 38.4 Å². The fraction of sp³-hybridized carbons (Fsp3) is 0.333. The molecule has 3 rings (SSSR count). The van der Waals surface area contributed by atoms with Gasteiger partial charge in [0.15, 0.2) is 16.3 Å². The van der Waals surface area contributed by atoms with Crippen molar-refractivity contribution in [2.45, 2.75) is 17.8 Å². The van der Waals surface area contributed by atoms with Crippen LogP contribution in [0.5, 0.6) is 0 Å². The van der Waals surface area contributed by atoms with Gasteiger partial charge in [0.05, 0.1) is 6.20 Å². The van der Waals surface area contributed by atoms with Crippen molar-refractivity contribution in [2.24, 2.45) is 14.1 Å². The maximum atomic E-state index is 12.0. The van der Waals surface area contributed by atoms with Gasteiger partial charge in [-0.15, -0.1) is 0 Å². The average molecular weight is 307 g/mol. The molecule has 0 unspecified atom stereocenters. The summed E-state index contributed by atoms with van der Waals surface area (Å²) in [6.45, 7) is 1.83. The van der Waals surface area contributed by atoms with E-state index < -0.39 is 5.69 Å². The fourth-order valence-electron chi connectivity index (χ4n) is 1.98. The maximum Gasteiger partial charge on any atom is 0.332 e. The van der Waals surface area contributed by atoms with E-state index in [9.17, 15) is 9.59 Å². The second kappa shape index (κ2) is 4.92. The summed E-state index contributed by atoms with van der Waals surface area (Å²) in [5.41, 5.74) is 0.859. The lowest BCUT2D eigenvalue weighted by Crippen LogP contribution is -2.36. The van der Waals surface area contributed by atoms with Crippen molar-refractivity contribution in [1.29, 1.82) is 0 Å². The summed E-state index contributed by atoms with van der Waals surface area (Å²) in [6.07, 6.45) is 1.65. The maximum absolute atomic E-state index is 12.0. The predicted molar refractivity (Wildman–Crippen MR) is 77.4 cm³/mol. The fourth-order valence-corrected chi connectivity index (χ4v) is 2.87. The van der Waals surface area contributed by atoms with Crippen LogP contribution in [-0.4, -0.2) is 24.3 Å². The molecule has 3 aromatic heterocycles. The third-order valence-electron chi connectivity index (χ3n) is 3.29. The summed E-state index contributed by atoms with van der Waals surface area (Å²) in [6, 6.07) is 0. The number of aryl methyl sites for hydroxylation is 2. The van der Waals surface area contributed by atoms with Crippen molar-refractivity contribution in [1.82, 2.24) is 24.3 Å². The summed E-state index contributed by atoms with van der Waals surface area (Å²) >= 11 is 1.42. The molecule has 0 aromatic carbocycles. The molecule has 0 saturated carbocycles. The van der Waals surface area contributed by atoms with Crippen molar-refractivity contribution < 1.29 is 4.52 Å². The summed E-state index contributed by atoms with van der Waals surface area (Å²) in [7, 11) is 3.03. The van der Waals surface area contributed by atoms with Crippen molar-refractivity contribution in [3.63, 3.8) is 0 Å².